The third kappa shape index (κ3) is 2.69. The van der Waals surface area contributed by atoms with Crippen molar-refractivity contribution in [3.63, 3.8) is 0 Å². The number of hydrogen-bond donors (Lipinski definition) is 1. The molecule has 1 aromatic rings. The zero-order valence-electron chi connectivity index (χ0n) is 8.57. The van der Waals surface area contributed by atoms with Gasteiger partial charge in [0, 0.05) is 6.20 Å². The SMILES string of the molecule is CCC(CC)C(O)c1ccc(Cl)cn1. The van der Waals surface area contributed by atoms with Crippen molar-refractivity contribution in [3.05, 3.63) is 29.0 Å². The number of rotatable bonds is 4. The monoisotopic (exact) mass is 213 g/mol. The predicted molar refractivity (Wildman–Crippen MR) is 58.3 cm³/mol. The predicted octanol–water partition coefficient (Wildman–Crippen LogP) is 3.20. The highest BCUT2D eigenvalue weighted by molar-refractivity contribution is 6.30. The van der Waals surface area contributed by atoms with Crippen LogP contribution < -0.4 is 0 Å². The van der Waals surface area contributed by atoms with E-state index in [-0.39, 0.29) is 5.92 Å². The van der Waals surface area contributed by atoms with E-state index in [1.807, 2.05) is 0 Å². The Balaban J connectivity index is 2.77. The number of aliphatic hydroxyl groups excluding tert-OH is 1. The van der Waals surface area contributed by atoms with E-state index in [9.17, 15) is 5.11 Å². The summed E-state index contributed by atoms with van der Waals surface area (Å²) >= 11 is 5.72. The molecule has 3 heteroatoms. The molecule has 0 spiro atoms. The third-order valence-corrected chi connectivity index (χ3v) is 2.77. The number of aliphatic hydroxyl groups is 1. The molecule has 0 fully saturated rings. The van der Waals surface area contributed by atoms with Gasteiger partial charge in [0.05, 0.1) is 16.8 Å². The molecule has 1 aromatic heterocycles. The summed E-state index contributed by atoms with van der Waals surface area (Å²) in [6, 6.07) is 3.54. The molecule has 0 saturated heterocycles. The molecule has 1 unspecified atom stereocenters. The van der Waals surface area contributed by atoms with Crippen molar-refractivity contribution in [1.82, 2.24) is 4.98 Å². The lowest BCUT2D eigenvalue weighted by Crippen LogP contribution is -2.12. The van der Waals surface area contributed by atoms with Crippen LogP contribution in [-0.4, -0.2) is 10.1 Å². The average Bonchev–Trinajstić information content (AvgIpc) is 2.20. The lowest BCUT2D eigenvalue weighted by atomic mass is 9.94. The first-order chi connectivity index (χ1) is 6.69. The van der Waals surface area contributed by atoms with Crippen LogP contribution in [-0.2, 0) is 0 Å². The fourth-order valence-corrected chi connectivity index (χ4v) is 1.65. The molecule has 0 radical (unpaired) electrons. The Morgan fingerprint density at radius 1 is 1.36 bits per heavy atom. The fourth-order valence-electron chi connectivity index (χ4n) is 1.54. The fraction of sp³-hybridized carbons (Fsp3) is 0.545. The Labute approximate surface area is 89.9 Å². The van der Waals surface area contributed by atoms with Crippen LogP contribution in [0.15, 0.2) is 18.3 Å². The highest BCUT2D eigenvalue weighted by Crippen LogP contribution is 2.26. The minimum atomic E-state index is -0.470. The zero-order chi connectivity index (χ0) is 10.6. The van der Waals surface area contributed by atoms with Gasteiger partial charge in [-0.3, -0.25) is 4.98 Å². The maximum Gasteiger partial charge on any atom is 0.0987 e. The minimum absolute atomic E-state index is 0.281. The van der Waals surface area contributed by atoms with E-state index >= 15 is 0 Å². The van der Waals surface area contributed by atoms with Gasteiger partial charge >= 0.3 is 0 Å². The zero-order valence-corrected chi connectivity index (χ0v) is 9.33. The number of pyridine rings is 1. The molecule has 14 heavy (non-hydrogen) atoms. The van der Waals surface area contributed by atoms with Gasteiger partial charge in [0.1, 0.15) is 0 Å². The standard InChI is InChI=1S/C11H16ClNO/c1-3-8(4-2)11(14)10-6-5-9(12)7-13-10/h5-8,11,14H,3-4H2,1-2H3. The van der Waals surface area contributed by atoms with Gasteiger partial charge in [-0.1, -0.05) is 38.3 Å². The molecule has 0 aromatic carbocycles. The number of halogens is 1. The van der Waals surface area contributed by atoms with E-state index in [1.165, 1.54) is 0 Å². The first-order valence-corrected chi connectivity index (χ1v) is 5.36. The van der Waals surface area contributed by atoms with Crippen molar-refractivity contribution < 1.29 is 5.11 Å². The van der Waals surface area contributed by atoms with Crippen molar-refractivity contribution in [1.29, 1.82) is 0 Å². The number of aromatic nitrogens is 1. The van der Waals surface area contributed by atoms with Crippen molar-refractivity contribution in [2.24, 2.45) is 5.92 Å². The highest BCUT2D eigenvalue weighted by Gasteiger charge is 2.18. The topological polar surface area (TPSA) is 33.1 Å². The molecular weight excluding hydrogens is 198 g/mol. The second-order valence-corrected chi connectivity index (χ2v) is 3.86. The summed E-state index contributed by atoms with van der Waals surface area (Å²) in [6.07, 6.45) is 3.02. The lowest BCUT2D eigenvalue weighted by Gasteiger charge is -2.19. The van der Waals surface area contributed by atoms with E-state index in [0.717, 1.165) is 12.8 Å². The van der Waals surface area contributed by atoms with Crippen LogP contribution in [0.4, 0.5) is 0 Å². The summed E-state index contributed by atoms with van der Waals surface area (Å²) in [5.74, 6) is 0.281. The second-order valence-electron chi connectivity index (χ2n) is 3.42. The van der Waals surface area contributed by atoms with E-state index in [0.29, 0.717) is 10.7 Å². The summed E-state index contributed by atoms with van der Waals surface area (Å²) in [4.78, 5) is 4.11. The first kappa shape index (κ1) is 11.5. The Morgan fingerprint density at radius 3 is 2.43 bits per heavy atom. The molecule has 0 aliphatic carbocycles. The summed E-state index contributed by atoms with van der Waals surface area (Å²) in [7, 11) is 0. The molecule has 1 N–H and O–H groups in total. The Bertz CT molecular complexity index is 269. The third-order valence-electron chi connectivity index (χ3n) is 2.55. The molecular formula is C11H16ClNO. The normalized spacial score (nSPS) is 13.2. The second kappa shape index (κ2) is 5.32. The quantitative estimate of drug-likeness (QED) is 0.833. The van der Waals surface area contributed by atoms with Crippen LogP contribution in [0.1, 0.15) is 38.5 Å². The smallest absolute Gasteiger partial charge is 0.0987 e. The maximum absolute atomic E-state index is 9.97. The van der Waals surface area contributed by atoms with Crippen LogP contribution in [0.5, 0.6) is 0 Å². The largest absolute Gasteiger partial charge is 0.387 e. The summed E-state index contributed by atoms with van der Waals surface area (Å²) < 4.78 is 0. The van der Waals surface area contributed by atoms with E-state index in [4.69, 9.17) is 11.6 Å². The molecule has 1 rings (SSSR count). The van der Waals surface area contributed by atoms with Gasteiger partial charge in [-0.05, 0) is 18.1 Å². The average molecular weight is 214 g/mol. The van der Waals surface area contributed by atoms with Crippen molar-refractivity contribution >= 4 is 11.6 Å². The molecule has 0 bridgehead atoms. The van der Waals surface area contributed by atoms with Gasteiger partial charge in [0.2, 0.25) is 0 Å². The molecule has 78 valence electrons. The number of hydrogen-bond acceptors (Lipinski definition) is 2. The van der Waals surface area contributed by atoms with Gasteiger partial charge in [-0.25, -0.2) is 0 Å². The van der Waals surface area contributed by atoms with Crippen LogP contribution in [0.25, 0.3) is 0 Å². The van der Waals surface area contributed by atoms with Gasteiger partial charge in [0.15, 0.2) is 0 Å². The van der Waals surface area contributed by atoms with Crippen LogP contribution in [0.3, 0.4) is 0 Å². The lowest BCUT2D eigenvalue weighted by molar-refractivity contribution is 0.0991. The van der Waals surface area contributed by atoms with E-state index in [2.05, 4.69) is 18.8 Å². The highest BCUT2D eigenvalue weighted by atomic mass is 35.5. The van der Waals surface area contributed by atoms with Crippen LogP contribution in [0.2, 0.25) is 5.02 Å². The molecule has 1 atom stereocenters. The summed E-state index contributed by atoms with van der Waals surface area (Å²) in [5, 5.41) is 10.6. The van der Waals surface area contributed by atoms with Gasteiger partial charge in [0.25, 0.3) is 0 Å². The molecule has 0 aliphatic rings. The summed E-state index contributed by atoms with van der Waals surface area (Å²) in [6.45, 7) is 4.15. The van der Waals surface area contributed by atoms with Crippen molar-refractivity contribution in [3.8, 4) is 0 Å². The van der Waals surface area contributed by atoms with Crippen LogP contribution in [0, 0.1) is 5.92 Å². The number of nitrogens with zero attached hydrogens (tertiary/aromatic N) is 1. The van der Waals surface area contributed by atoms with Gasteiger partial charge in [-0.15, -0.1) is 0 Å². The Morgan fingerprint density at radius 2 is 2.00 bits per heavy atom. The molecule has 2 nitrogen and oxygen atoms in total. The first-order valence-electron chi connectivity index (χ1n) is 4.98. The summed E-state index contributed by atoms with van der Waals surface area (Å²) in [5.41, 5.74) is 0.711. The van der Waals surface area contributed by atoms with E-state index < -0.39 is 6.10 Å². The minimum Gasteiger partial charge on any atom is -0.387 e. The molecule has 0 amide bonds. The molecule has 1 heterocycles. The maximum atomic E-state index is 9.97. The van der Waals surface area contributed by atoms with Crippen LogP contribution >= 0.6 is 11.6 Å². The molecule has 0 aliphatic heterocycles. The Kier molecular flexibility index (Phi) is 4.36. The van der Waals surface area contributed by atoms with Crippen molar-refractivity contribution in [2.45, 2.75) is 32.8 Å². The molecule has 0 saturated carbocycles. The van der Waals surface area contributed by atoms with E-state index in [1.54, 1.807) is 18.3 Å². The van der Waals surface area contributed by atoms with Gasteiger partial charge in [-0.2, -0.15) is 0 Å². The van der Waals surface area contributed by atoms with Gasteiger partial charge < -0.3 is 5.11 Å². The Hall–Kier alpha value is -0.600. The van der Waals surface area contributed by atoms with Crippen molar-refractivity contribution in [2.75, 3.05) is 0 Å².